The first-order chi connectivity index (χ1) is 12.3. The number of urea groups is 1. The van der Waals surface area contributed by atoms with Crippen molar-refractivity contribution in [3.8, 4) is 0 Å². The number of likely N-dealkylation sites (tertiary alicyclic amines) is 1. The largest absolute Gasteiger partial charge is 0.416 e. The van der Waals surface area contributed by atoms with Crippen molar-refractivity contribution in [2.45, 2.75) is 32.0 Å². The number of hydrogen-bond donors (Lipinski definition) is 2. The Morgan fingerprint density at radius 2 is 2.19 bits per heavy atom. The van der Waals surface area contributed by atoms with Gasteiger partial charge in [0.1, 0.15) is 0 Å². The van der Waals surface area contributed by atoms with Crippen LogP contribution in [0.1, 0.15) is 35.2 Å². The van der Waals surface area contributed by atoms with Crippen LogP contribution in [0.3, 0.4) is 0 Å². The molecule has 3 rings (SSSR count). The normalized spacial score (nSPS) is 17.6. The van der Waals surface area contributed by atoms with E-state index in [0.717, 1.165) is 12.1 Å². The number of alkyl halides is 3. The lowest BCUT2D eigenvalue weighted by Gasteiger charge is -2.18. The number of amides is 2. The Hall–Kier alpha value is -2.62. The monoisotopic (exact) mass is 369 g/mol. The molecule has 0 bridgehead atoms. The molecule has 3 N–H and O–H groups in total. The first-order valence-corrected chi connectivity index (χ1v) is 8.03. The zero-order valence-electron chi connectivity index (χ0n) is 14.0. The van der Waals surface area contributed by atoms with Gasteiger partial charge in [-0.05, 0) is 37.1 Å². The Morgan fingerprint density at radius 3 is 2.81 bits per heavy atom. The summed E-state index contributed by atoms with van der Waals surface area (Å²) in [5, 5.41) is 6.24. The summed E-state index contributed by atoms with van der Waals surface area (Å²) >= 11 is 0. The second-order valence-corrected chi connectivity index (χ2v) is 6.16. The molecular weight excluding hydrogens is 351 g/mol. The van der Waals surface area contributed by atoms with E-state index < -0.39 is 17.8 Å². The predicted octanol–water partition coefficient (Wildman–Crippen LogP) is 2.88. The number of anilines is 1. The van der Waals surface area contributed by atoms with Crippen LogP contribution in [-0.4, -0.2) is 34.2 Å². The number of nitrogens with one attached hydrogen (secondary N) is 1. The fraction of sp³-hybridized carbons (Fsp3) is 0.438. The van der Waals surface area contributed by atoms with Gasteiger partial charge in [-0.2, -0.15) is 18.2 Å². The highest BCUT2D eigenvalue weighted by Crippen LogP contribution is 2.32. The molecule has 1 unspecified atom stereocenters. The number of carbonyl (C=O) groups excluding carboxylic acids is 1. The van der Waals surface area contributed by atoms with Gasteiger partial charge in [0.2, 0.25) is 5.89 Å². The fourth-order valence-electron chi connectivity index (χ4n) is 2.87. The van der Waals surface area contributed by atoms with Gasteiger partial charge in [-0.3, -0.25) is 0 Å². The molecule has 0 saturated carbocycles. The van der Waals surface area contributed by atoms with Crippen molar-refractivity contribution in [2.75, 3.05) is 18.4 Å². The lowest BCUT2D eigenvalue weighted by Crippen LogP contribution is -2.33. The van der Waals surface area contributed by atoms with Crippen LogP contribution in [0.2, 0.25) is 0 Å². The first kappa shape index (κ1) is 18.2. The molecule has 2 heterocycles. The van der Waals surface area contributed by atoms with Gasteiger partial charge in [0.25, 0.3) is 0 Å². The maximum absolute atomic E-state index is 13.0. The SMILES string of the molecule is Cc1noc(C2CCN(C(=O)Nc3cc(CN)cc(C(F)(F)F)c3)C2)n1. The quantitative estimate of drug-likeness (QED) is 0.867. The number of halogens is 3. The summed E-state index contributed by atoms with van der Waals surface area (Å²) in [5.74, 6) is 0.895. The van der Waals surface area contributed by atoms with Crippen LogP contribution in [0.5, 0.6) is 0 Å². The number of aromatic nitrogens is 2. The van der Waals surface area contributed by atoms with E-state index in [1.807, 2.05) is 0 Å². The van der Waals surface area contributed by atoms with E-state index in [-0.39, 0.29) is 23.7 Å². The number of nitrogens with zero attached hydrogens (tertiary/aromatic N) is 3. The minimum absolute atomic E-state index is 0.0577. The molecule has 1 aliphatic rings. The van der Waals surface area contributed by atoms with Gasteiger partial charge >= 0.3 is 12.2 Å². The molecule has 1 fully saturated rings. The number of hydrogen-bond acceptors (Lipinski definition) is 5. The van der Waals surface area contributed by atoms with Gasteiger partial charge in [0.05, 0.1) is 11.5 Å². The van der Waals surface area contributed by atoms with Crippen LogP contribution in [0.25, 0.3) is 0 Å². The van der Waals surface area contributed by atoms with Crippen LogP contribution in [0.4, 0.5) is 23.7 Å². The number of nitrogens with two attached hydrogens (primary N) is 1. The molecule has 140 valence electrons. The van der Waals surface area contributed by atoms with E-state index in [1.54, 1.807) is 6.92 Å². The average Bonchev–Trinajstić information content (AvgIpc) is 3.22. The molecule has 10 heteroatoms. The van der Waals surface area contributed by atoms with Crippen LogP contribution < -0.4 is 11.1 Å². The Kier molecular flexibility index (Phi) is 4.86. The van der Waals surface area contributed by atoms with E-state index in [1.165, 1.54) is 11.0 Å². The van der Waals surface area contributed by atoms with Crippen molar-refractivity contribution in [3.63, 3.8) is 0 Å². The van der Waals surface area contributed by atoms with Gasteiger partial charge in [-0.25, -0.2) is 4.79 Å². The third-order valence-electron chi connectivity index (χ3n) is 4.18. The Labute approximate surface area is 147 Å². The van der Waals surface area contributed by atoms with Crippen molar-refractivity contribution in [1.29, 1.82) is 0 Å². The molecule has 2 amide bonds. The van der Waals surface area contributed by atoms with E-state index in [4.69, 9.17) is 10.3 Å². The molecule has 26 heavy (non-hydrogen) atoms. The molecule has 1 atom stereocenters. The molecule has 0 aliphatic carbocycles. The van der Waals surface area contributed by atoms with Crippen molar-refractivity contribution in [3.05, 3.63) is 41.0 Å². The summed E-state index contributed by atoms with van der Waals surface area (Å²) in [6.07, 6.45) is -3.87. The highest BCUT2D eigenvalue weighted by atomic mass is 19.4. The summed E-state index contributed by atoms with van der Waals surface area (Å²) in [6.45, 7) is 2.45. The topological polar surface area (TPSA) is 97.3 Å². The third kappa shape index (κ3) is 3.96. The van der Waals surface area contributed by atoms with Crippen molar-refractivity contribution in [1.82, 2.24) is 15.0 Å². The van der Waals surface area contributed by atoms with Crippen molar-refractivity contribution < 1.29 is 22.5 Å². The van der Waals surface area contributed by atoms with Crippen LogP contribution in [-0.2, 0) is 12.7 Å². The number of benzene rings is 1. The standard InChI is InChI=1S/C16H18F3N5O2/c1-9-21-14(26-23-9)11-2-3-24(8-11)15(25)22-13-5-10(7-20)4-12(6-13)16(17,18)19/h4-6,11H,2-3,7-8,20H2,1H3,(H,22,25). The molecule has 1 saturated heterocycles. The highest BCUT2D eigenvalue weighted by molar-refractivity contribution is 5.89. The second-order valence-electron chi connectivity index (χ2n) is 6.16. The third-order valence-corrected chi connectivity index (χ3v) is 4.18. The van der Waals surface area contributed by atoms with E-state index >= 15 is 0 Å². The smallest absolute Gasteiger partial charge is 0.339 e. The van der Waals surface area contributed by atoms with Crippen molar-refractivity contribution in [2.24, 2.45) is 5.73 Å². The molecule has 2 aromatic rings. The van der Waals surface area contributed by atoms with Crippen LogP contribution in [0.15, 0.2) is 22.7 Å². The van der Waals surface area contributed by atoms with Gasteiger partial charge in [0, 0.05) is 25.3 Å². The summed E-state index contributed by atoms with van der Waals surface area (Å²) in [4.78, 5) is 18.1. The first-order valence-electron chi connectivity index (χ1n) is 8.03. The summed E-state index contributed by atoms with van der Waals surface area (Å²) < 4.78 is 44.0. The van der Waals surface area contributed by atoms with Gasteiger partial charge < -0.3 is 20.5 Å². The molecule has 1 aromatic carbocycles. The maximum Gasteiger partial charge on any atom is 0.416 e. The number of aryl methyl sites for hydroxylation is 1. The zero-order valence-corrected chi connectivity index (χ0v) is 14.0. The highest BCUT2D eigenvalue weighted by Gasteiger charge is 2.33. The molecule has 7 nitrogen and oxygen atoms in total. The molecule has 0 spiro atoms. The average molecular weight is 369 g/mol. The molecule has 1 aliphatic heterocycles. The van der Waals surface area contributed by atoms with E-state index in [0.29, 0.717) is 31.2 Å². The van der Waals surface area contributed by atoms with Gasteiger partial charge in [-0.15, -0.1) is 0 Å². The Bertz CT molecular complexity index is 805. The summed E-state index contributed by atoms with van der Waals surface area (Å²) in [6, 6.07) is 2.82. The lowest BCUT2D eigenvalue weighted by molar-refractivity contribution is -0.137. The summed E-state index contributed by atoms with van der Waals surface area (Å²) in [5.41, 5.74) is 4.95. The molecule has 1 aromatic heterocycles. The number of carbonyl (C=O) groups is 1. The Balaban J connectivity index is 1.70. The minimum Gasteiger partial charge on any atom is -0.339 e. The fourth-order valence-corrected chi connectivity index (χ4v) is 2.87. The van der Waals surface area contributed by atoms with E-state index in [9.17, 15) is 18.0 Å². The Morgan fingerprint density at radius 1 is 1.42 bits per heavy atom. The number of rotatable bonds is 3. The van der Waals surface area contributed by atoms with Crippen LogP contribution >= 0.6 is 0 Å². The predicted molar refractivity (Wildman–Crippen MR) is 86.3 cm³/mol. The van der Waals surface area contributed by atoms with Gasteiger partial charge in [0.15, 0.2) is 5.82 Å². The zero-order chi connectivity index (χ0) is 18.9. The molecular formula is C16H18F3N5O2. The van der Waals surface area contributed by atoms with E-state index in [2.05, 4.69) is 15.5 Å². The molecule has 0 radical (unpaired) electrons. The summed E-state index contributed by atoms with van der Waals surface area (Å²) in [7, 11) is 0. The van der Waals surface area contributed by atoms with Crippen LogP contribution in [0, 0.1) is 6.92 Å². The lowest BCUT2D eigenvalue weighted by atomic mass is 10.1. The van der Waals surface area contributed by atoms with Gasteiger partial charge in [-0.1, -0.05) is 5.16 Å². The van der Waals surface area contributed by atoms with Crippen molar-refractivity contribution >= 4 is 11.7 Å². The minimum atomic E-state index is -4.51. The maximum atomic E-state index is 13.0. The second kappa shape index (κ2) is 6.94.